The minimum absolute atomic E-state index is 0.662. The fourth-order valence-electron chi connectivity index (χ4n) is 0.444. The summed E-state index contributed by atoms with van der Waals surface area (Å²) in [4.78, 5) is 0. The molecule has 0 spiro atoms. The van der Waals surface area contributed by atoms with Crippen LogP contribution in [0.2, 0.25) is 0 Å². The number of hydrogen-bond donors (Lipinski definition) is 2. The lowest BCUT2D eigenvalue weighted by atomic mass is 10.2. The molecule has 2 heteroatoms. The lowest BCUT2D eigenvalue weighted by molar-refractivity contribution is 1.16. The molecule has 0 radical (unpaired) electrons. The van der Waals surface area contributed by atoms with E-state index in [1.807, 2.05) is 20.8 Å². The van der Waals surface area contributed by atoms with Crippen LogP contribution in [0.15, 0.2) is 23.0 Å². The Morgan fingerprint density at radius 2 is 1.67 bits per heavy atom. The summed E-state index contributed by atoms with van der Waals surface area (Å²) in [5.41, 5.74) is 13.5. The predicted molar refractivity (Wildman–Crippen MR) is 40.5 cm³/mol. The monoisotopic (exact) mass is 126 g/mol. The standard InChI is InChI=1S/C7H14N2/c1-4-6(8)7(9)5(2)3/h4H,8-9H2,1-3H3/b6-4+. The SMILES string of the molecule is C/C=C(/N)C(N)=C(C)C. The molecule has 4 N–H and O–H groups in total. The molecule has 0 bridgehead atoms. The van der Waals surface area contributed by atoms with Crippen molar-refractivity contribution >= 4 is 0 Å². The summed E-state index contributed by atoms with van der Waals surface area (Å²) in [6.07, 6.45) is 1.79. The second-order valence-corrected chi connectivity index (χ2v) is 2.16. The molecule has 0 aromatic carbocycles. The van der Waals surface area contributed by atoms with Crippen molar-refractivity contribution in [3.8, 4) is 0 Å². The molecule has 0 fully saturated rings. The van der Waals surface area contributed by atoms with Crippen LogP contribution in [0.25, 0.3) is 0 Å². The Kier molecular flexibility index (Phi) is 2.85. The van der Waals surface area contributed by atoms with Crippen LogP contribution in [-0.4, -0.2) is 0 Å². The fraction of sp³-hybridized carbons (Fsp3) is 0.429. The van der Waals surface area contributed by atoms with Crippen LogP contribution in [-0.2, 0) is 0 Å². The van der Waals surface area contributed by atoms with Gasteiger partial charge >= 0.3 is 0 Å². The first kappa shape index (κ1) is 8.08. The highest BCUT2D eigenvalue weighted by molar-refractivity contribution is 5.27. The van der Waals surface area contributed by atoms with Gasteiger partial charge in [-0.3, -0.25) is 0 Å². The zero-order chi connectivity index (χ0) is 7.44. The van der Waals surface area contributed by atoms with Gasteiger partial charge in [0.1, 0.15) is 0 Å². The molecular formula is C7H14N2. The largest absolute Gasteiger partial charge is 0.397 e. The van der Waals surface area contributed by atoms with E-state index < -0.39 is 0 Å². The highest BCUT2D eigenvalue weighted by atomic mass is 14.7. The van der Waals surface area contributed by atoms with Gasteiger partial charge in [0.05, 0.1) is 11.4 Å². The van der Waals surface area contributed by atoms with Crippen molar-refractivity contribution in [3.05, 3.63) is 23.0 Å². The predicted octanol–water partition coefficient (Wildman–Crippen LogP) is 1.10. The van der Waals surface area contributed by atoms with Crippen LogP contribution in [0.4, 0.5) is 0 Å². The van der Waals surface area contributed by atoms with Crippen molar-refractivity contribution in [3.63, 3.8) is 0 Å². The van der Waals surface area contributed by atoms with Crippen LogP contribution in [0.3, 0.4) is 0 Å². The van der Waals surface area contributed by atoms with Gasteiger partial charge < -0.3 is 11.5 Å². The summed E-state index contributed by atoms with van der Waals surface area (Å²) < 4.78 is 0. The van der Waals surface area contributed by atoms with Crippen molar-refractivity contribution in [2.24, 2.45) is 11.5 Å². The van der Waals surface area contributed by atoms with Gasteiger partial charge in [0, 0.05) is 0 Å². The van der Waals surface area contributed by atoms with E-state index in [1.165, 1.54) is 0 Å². The highest BCUT2D eigenvalue weighted by Crippen LogP contribution is 2.01. The van der Waals surface area contributed by atoms with Crippen LogP contribution >= 0.6 is 0 Å². The van der Waals surface area contributed by atoms with Gasteiger partial charge in [-0.25, -0.2) is 0 Å². The second-order valence-electron chi connectivity index (χ2n) is 2.16. The molecular weight excluding hydrogens is 112 g/mol. The van der Waals surface area contributed by atoms with E-state index in [0.29, 0.717) is 11.4 Å². The molecule has 0 atom stereocenters. The van der Waals surface area contributed by atoms with Crippen molar-refractivity contribution in [2.45, 2.75) is 20.8 Å². The van der Waals surface area contributed by atoms with Crippen molar-refractivity contribution < 1.29 is 0 Å². The molecule has 0 aromatic rings. The second kappa shape index (κ2) is 3.17. The van der Waals surface area contributed by atoms with Crippen molar-refractivity contribution in [2.75, 3.05) is 0 Å². The lowest BCUT2D eigenvalue weighted by Crippen LogP contribution is -2.10. The van der Waals surface area contributed by atoms with Gasteiger partial charge in [0.2, 0.25) is 0 Å². The molecule has 0 aromatic heterocycles. The normalized spacial score (nSPS) is 11.2. The van der Waals surface area contributed by atoms with Crippen LogP contribution < -0.4 is 11.5 Å². The molecule has 0 saturated heterocycles. The van der Waals surface area contributed by atoms with Gasteiger partial charge in [-0.1, -0.05) is 11.6 Å². The van der Waals surface area contributed by atoms with Gasteiger partial charge in [0.25, 0.3) is 0 Å². The molecule has 0 aliphatic carbocycles. The van der Waals surface area contributed by atoms with Gasteiger partial charge in [0.15, 0.2) is 0 Å². The molecule has 0 unspecified atom stereocenters. The molecule has 9 heavy (non-hydrogen) atoms. The molecule has 2 nitrogen and oxygen atoms in total. The minimum Gasteiger partial charge on any atom is -0.397 e. The molecule has 0 amide bonds. The Hall–Kier alpha value is -0.920. The Labute approximate surface area is 56.2 Å². The van der Waals surface area contributed by atoms with E-state index in [4.69, 9.17) is 11.5 Å². The highest BCUT2D eigenvalue weighted by Gasteiger charge is 1.92. The Morgan fingerprint density at radius 1 is 1.22 bits per heavy atom. The van der Waals surface area contributed by atoms with Crippen LogP contribution in [0.1, 0.15) is 20.8 Å². The first-order chi connectivity index (χ1) is 4.09. The van der Waals surface area contributed by atoms with Gasteiger partial charge in [-0.15, -0.1) is 0 Å². The molecule has 0 saturated carbocycles. The minimum atomic E-state index is 0.662. The maximum absolute atomic E-state index is 5.56. The topological polar surface area (TPSA) is 52.0 Å². The molecule has 0 aliphatic rings. The maximum atomic E-state index is 5.56. The average Bonchev–Trinajstić information content (AvgIpc) is 1.84. The van der Waals surface area contributed by atoms with E-state index in [1.54, 1.807) is 6.08 Å². The summed E-state index contributed by atoms with van der Waals surface area (Å²) in [5, 5.41) is 0. The zero-order valence-corrected chi connectivity index (χ0v) is 6.23. The van der Waals surface area contributed by atoms with E-state index in [0.717, 1.165) is 5.57 Å². The zero-order valence-electron chi connectivity index (χ0n) is 6.23. The average molecular weight is 126 g/mol. The molecule has 52 valence electrons. The molecule has 0 aliphatic heterocycles. The maximum Gasteiger partial charge on any atom is 0.0530 e. The quantitative estimate of drug-likeness (QED) is 0.517. The number of rotatable bonds is 1. The summed E-state index contributed by atoms with van der Waals surface area (Å²) >= 11 is 0. The number of hydrogen-bond acceptors (Lipinski definition) is 2. The summed E-state index contributed by atoms with van der Waals surface area (Å²) in [6.45, 7) is 5.74. The third kappa shape index (κ3) is 2.22. The summed E-state index contributed by atoms with van der Waals surface area (Å²) in [5.74, 6) is 0. The van der Waals surface area contributed by atoms with E-state index in [2.05, 4.69) is 0 Å². The van der Waals surface area contributed by atoms with Crippen LogP contribution in [0, 0.1) is 0 Å². The first-order valence-corrected chi connectivity index (χ1v) is 2.94. The fourth-order valence-corrected chi connectivity index (χ4v) is 0.444. The lowest BCUT2D eigenvalue weighted by Gasteiger charge is -2.01. The van der Waals surface area contributed by atoms with Crippen molar-refractivity contribution in [1.82, 2.24) is 0 Å². The smallest absolute Gasteiger partial charge is 0.0530 e. The van der Waals surface area contributed by atoms with Gasteiger partial charge in [-0.2, -0.15) is 0 Å². The third-order valence-corrected chi connectivity index (χ3v) is 1.16. The van der Waals surface area contributed by atoms with Gasteiger partial charge in [-0.05, 0) is 20.8 Å². The molecule has 0 rings (SSSR count). The van der Waals surface area contributed by atoms with E-state index >= 15 is 0 Å². The number of nitrogens with two attached hydrogens (primary N) is 2. The van der Waals surface area contributed by atoms with Crippen molar-refractivity contribution in [1.29, 1.82) is 0 Å². The third-order valence-electron chi connectivity index (χ3n) is 1.16. The molecule has 0 heterocycles. The Morgan fingerprint density at radius 3 is 1.78 bits per heavy atom. The number of allylic oxidation sites excluding steroid dienone is 2. The van der Waals surface area contributed by atoms with Crippen LogP contribution in [0.5, 0.6) is 0 Å². The Balaban J connectivity index is 4.40. The summed E-state index contributed by atoms with van der Waals surface area (Å²) in [6, 6.07) is 0. The van der Waals surface area contributed by atoms with E-state index in [-0.39, 0.29) is 0 Å². The Bertz CT molecular complexity index is 150. The first-order valence-electron chi connectivity index (χ1n) is 2.94. The summed E-state index contributed by atoms with van der Waals surface area (Å²) in [7, 11) is 0. The van der Waals surface area contributed by atoms with E-state index in [9.17, 15) is 0 Å².